The quantitative estimate of drug-likeness (QED) is 0.247. The van der Waals surface area contributed by atoms with Crippen LogP contribution in [0.2, 0.25) is 0 Å². The minimum Gasteiger partial charge on any atom is -0.379 e. The highest BCUT2D eigenvalue weighted by molar-refractivity contribution is 6.12. The molecule has 1 aliphatic rings. The zero-order chi connectivity index (χ0) is 25.4. The Morgan fingerprint density at radius 3 is 2.06 bits per heavy atom. The van der Waals surface area contributed by atoms with E-state index in [1.54, 1.807) is 24.3 Å². The number of nitrogens with one attached hydrogen (secondary N) is 2. The highest BCUT2D eigenvalue weighted by Crippen LogP contribution is 2.18. The van der Waals surface area contributed by atoms with Gasteiger partial charge in [-0.25, -0.2) is 5.48 Å². The summed E-state index contributed by atoms with van der Waals surface area (Å²) in [6.45, 7) is 5.57. The van der Waals surface area contributed by atoms with E-state index in [2.05, 4.69) is 34.2 Å². The maximum Gasteiger partial charge on any atom is 0.278 e. The molecule has 0 bridgehead atoms. The molecule has 0 unspecified atom stereocenters. The van der Waals surface area contributed by atoms with Gasteiger partial charge in [0.1, 0.15) is 0 Å². The van der Waals surface area contributed by atoms with Crippen molar-refractivity contribution in [2.75, 3.05) is 40.4 Å². The number of rotatable bonds is 6. The number of hydrogen-bond acceptors (Lipinski definition) is 6. The molecule has 9 nitrogen and oxygen atoms in total. The molecule has 0 aliphatic carbocycles. The lowest BCUT2D eigenvalue weighted by Gasteiger charge is -2.34. The van der Waals surface area contributed by atoms with Crippen molar-refractivity contribution in [2.24, 2.45) is 0 Å². The van der Waals surface area contributed by atoms with Crippen LogP contribution in [0.4, 0.5) is 0 Å². The molecule has 2 aromatic rings. The Morgan fingerprint density at radius 1 is 1.00 bits per heavy atom. The lowest BCUT2D eigenvalue weighted by Crippen LogP contribution is -2.64. The average molecular weight is 479 g/mol. The first-order chi connectivity index (χ1) is 16.8. The van der Waals surface area contributed by atoms with E-state index in [0.717, 1.165) is 43.3 Å². The number of hydrogen-bond donors (Lipinski definition) is 3. The number of likely N-dealkylation sites (N-methyl/N-ethyl adjacent to an activating group) is 2. The molecular formula is C26H30N4O5. The molecule has 0 saturated carbocycles. The van der Waals surface area contributed by atoms with Crippen LogP contribution in [-0.4, -0.2) is 78.7 Å². The normalized spacial score (nSPS) is 15.2. The first kappa shape index (κ1) is 25.9. The lowest BCUT2D eigenvalue weighted by molar-refractivity contribution is -0.148. The second kappa shape index (κ2) is 11.6. The van der Waals surface area contributed by atoms with Crippen molar-refractivity contribution in [1.29, 1.82) is 0 Å². The predicted molar refractivity (Wildman–Crippen MR) is 129 cm³/mol. The number of ether oxygens (including phenoxy) is 1. The molecule has 0 radical (unpaired) electrons. The molecule has 1 heterocycles. The van der Waals surface area contributed by atoms with Gasteiger partial charge in [-0.2, -0.15) is 0 Å². The summed E-state index contributed by atoms with van der Waals surface area (Å²) in [5.74, 6) is 3.88. The molecular weight excluding hydrogens is 448 g/mol. The molecule has 1 atom stereocenters. The fourth-order valence-electron chi connectivity index (χ4n) is 3.71. The van der Waals surface area contributed by atoms with E-state index in [0.29, 0.717) is 5.56 Å². The molecule has 0 spiro atoms. The van der Waals surface area contributed by atoms with Gasteiger partial charge in [0.15, 0.2) is 5.54 Å². The number of morpholine rings is 1. The second-order valence-electron chi connectivity index (χ2n) is 8.37. The zero-order valence-corrected chi connectivity index (χ0v) is 20.1. The van der Waals surface area contributed by atoms with E-state index in [1.165, 1.54) is 32.1 Å². The van der Waals surface area contributed by atoms with Gasteiger partial charge in [-0.05, 0) is 48.9 Å². The van der Waals surface area contributed by atoms with Crippen LogP contribution in [0.15, 0.2) is 48.5 Å². The fraction of sp³-hybridized carbons (Fsp3) is 0.346. The van der Waals surface area contributed by atoms with E-state index in [1.807, 2.05) is 12.1 Å². The maximum absolute atomic E-state index is 12.9. The topological polar surface area (TPSA) is 111 Å². The van der Waals surface area contributed by atoms with Gasteiger partial charge < -0.3 is 15.0 Å². The van der Waals surface area contributed by atoms with Gasteiger partial charge in [0, 0.05) is 50.4 Å². The smallest absolute Gasteiger partial charge is 0.278 e. The highest BCUT2D eigenvalue weighted by Gasteiger charge is 2.47. The molecule has 2 aromatic carbocycles. The Hall–Kier alpha value is -3.71. The number of carbonyl (C=O) groups excluding carboxylic acids is 3. The van der Waals surface area contributed by atoms with Crippen molar-refractivity contribution >= 4 is 17.7 Å². The van der Waals surface area contributed by atoms with Gasteiger partial charge in [0.05, 0.1) is 13.2 Å². The van der Waals surface area contributed by atoms with Crippen molar-refractivity contribution in [3.8, 4) is 11.8 Å². The molecule has 9 heteroatoms. The van der Waals surface area contributed by atoms with Gasteiger partial charge in [0.25, 0.3) is 17.7 Å². The number of hydroxylamine groups is 1. The summed E-state index contributed by atoms with van der Waals surface area (Å²) in [5.41, 5.74) is 2.60. The number of carbonyl (C=O) groups is 3. The van der Waals surface area contributed by atoms with Crippen molar-refractivity contribution in [3.63, 3.8) is 0 Å². The summed E-state index contributed by atoms with van der Waals surface area (Å²) in [6, 6.07) is 14.7. The summed E-state index contributed by atoms with van der Waals surface area (Å²) in [6.07, 6.45) is 0. The van der Waals surface area contributed by atoms with Crippen LogP contribution >= 0.6 is 0 Å². The Morgan fingerprint density at radius 2 is 1.54 bits per heavy atom. The van der Waals surface area contributed by atoms with Crippen LogP contribution in [0.3, 0.4) is 0 Å². The first-order valence-corrected chi connectivity index (χ1v) is 11.3. The van der Waals surface area contributed by atoms with Crippen molar-refractivity contribution in [1.82, 2.24) is 20.6 Å². The molecule has 3 rings (SSSR count). The van der Waals surface area contributed by atoms with Crippen molar-refractivity contribution < 1.29 is 24.3 Å². The van der Waals surface area contributed by atoms with Crippen LogP contribution in [0.25, 0.3) is 0 Å². The van der Waals surface area contributed by atoms with Gasteiger partial charge in [-0.15, -0.1) is 0 Å². The van der Waals surface area contributed by atoms with Gasteiger partial charge in [-0.3, -0.25) is 24.5 Å². The molecule has 1 saturated heterocycles. The van der Waals surface area contributed by atoms with Gasteiger partial charge in [-0.1, -0.05) is 24.0 Å². The largest absolute Gasteiger partial charge is 0.379 e. The third kappa shape index (κ3) is 6.05. The van der Waals surface area contributed by atoms with Crippen LogP contribution in [-0.2, 0) is 20.9 Å². The highest BCUT2D eigenvalue weighted by atomic mass is 16.5. The molecule has 3 N–H and O–H groups in total. The van der Waals surface area contributed by atoms with E-state index in [9.17, 15) is 14.4 Å². The van der Waals surface area contributed by atoms with Crippen molar-refractivity contribution in [2.45, 2.75) is 19.0 Å². The van der Waals surface area contributed by atoms with Crippen LogP contribution in [0.1, 0.15) is 34.0 Å². The number of amides is 3. The van der Waals surface area contributed by atoms with E-state index >= 15 is 0 Å². The Labute approximate surface area is 205 Å². The minimum absolute atomic E-state index is 0.270. The maximum atomic E-state index is 12.9. The average Bonchev–Trinajstić information content (AvgIpc) is 2.91. The zero-order valence-electron chi connectivity index (χ0n) is 20.1. The number of benzene rings is 2. The summed E-state index contributed by atoms with van der Waals surface area (Å²) in [4.78, 5) is 40.7. The standard InChI is InChI=1S/C26H30N4O5/c1-26(24(32)27-2,25(33)28-34)29(3)23(31)22-12-10-20(11-13-22)5-4-19-6-8-21(9-7-19)18-30-14-16-35-17-15-30/h6-13,34H,14-18H2,1-3H3,(H,27,32)(H,28,33)/t26-/m0/s1. The fourth-order valence-corrected chi connectivity index (χ4v) is 3.71. The van der Waals surface area contributed by atoms with E-state index in [4.69, 9.17) is 9.94 Å². The Balaban J connectivity index is 1.67. The minimum atomic E-state index is -1.94. The summed E-state index contributed by atoms with van der Waals surface area (Å²) < 4.78 is 5.38. The summed E-state index contributed by atoms with van der Waals surface area (Å²) in [7, 11) is 2.66. The van der Waals surface area contributed by atoms with E-state index < -0.39 is 23.3 Å². The number of nitrogens with zero attached hydrogens (tertiary/aromatic N) is 2. The Kier molecular flexibility index (Phi) is 8.60. The van der Waals surface area contributed by atoms with E-state index in [-0.39, 0.29) is 5.56 Å². The van der Waals surface area contributed by atoms with Crippen LogP contribution < -0.4 is 10.8 Å². The molecule has 184 valence electrons. The van der Waals surface area contributed by atoms with Crippen LogP contribution in [0.5, 0.6) is 0 Å². The lowest BCUT2D eigenvalue weighted by atomic mass is 9.96. The molecule has 1 aliphatic heterocycles. The Bertz CT molecular complexity index is 1100. The predicted octanol–water partition coefficient (Wildman–Crippen LogP) is 1.00. The van der Waals surface area contributed by atoms with Crippen LogP contribution in [0, 0.1) is 11.8 Å². The third-order valence-corrected chi connectivity index (χ3v) is 6.14. The molecule has 1 fully saturated rings. The monoisotopic (exact) mass is 478 g/mol. The SMILES string of the molecule is CNC(=O)[C@@](C)(C(=O)NO)N(C)C(=O)c1ccc(C#Cc2ccc(CN3CCOCC3)cc2)cc1. The molecule has 3 amide bonds. The molecule has 0 aromatic heterocycles. The first-order valence-electron chi connectivity index (χ1n) is 11.3. The van der Waals surface area contributed by atoms with Gasteiger partial charge >= 0.3 is 0 Å². The second-order valence-corrected chi connectivity index (χ2v) is 8.37. The molecule has 35 heavy (non-hydrogen) atoms. The van der Waals surface area contributed by atoms with Gasteiger partial charge in [0.2, 0.25) is 0 Å². The summed E-state index contributed by atoms with van der Waals surface area (Å²) in [5, 5.41) is 11.4. The summed E-state index contributed by atoms with van der Waals surface area (Å²) >= 11 is 0. The third-order valence-electron chi connectivity index (χ3n) is 6.14. The van der Waals surface area contributed by atoms with Crippen molar-refractivity contribution in [3.05, 3.63) is 70.8 Å².